The molecule has 1 aromatic heterocycles. The van der Waals surface area contributed by atoms with Crippen LogP contribution in [-0.2, 0) is 4.79 Å². The number of hydrogen-bond donors (Lipinski definition) is 2. The Kier molecular flexibility index (Phi) is 4.49. The van der Waals surface area contributed by atoms with Gasteiger partial charge < -0.3 is 10.4 Å². The van der Waals surface area contributed by atoms with E-state index in [0.717, 1.165) is 11.3 Å². The molecule has 0 unspecified atom stereocenters. The molecule has 2 N–H and O–H groups in total. The van der Waals surface area contributed by atoms with E-state index in [1.165, 1.54) is 18.3 Å². The number of anilines is 1. The third-order valence-electron chi connectivity index (χ3n) is 2.67. The largest absolute Gasteiger partial charge is 0.476 e. The van der Waals surface area contributed by atoms with E-state index in [1.807, 2.05) is 18.2 Å². The monoisotopic (exact) mass is 302 g/mol. The molecule has 0 saturated carbocycles. The maximum absolute atomic E-state index is 10.9. The van der Waals surface area contributed by atoms with Gasteiger partial charge in [-0.05, 0) is 30.7 Å². The van der Waals surface area contributed by atoms with Gasteiger partial charge in [0.15, 0.2) is 5.69 Å². The zero-order valence-electron chi connectivity index (χ0n) is 11.6. The second kappa shape index (κ2) is 6.32. The first-order valence-electron chi connectivity index (χ1n) is 6.22. The van der Waals surface area contributed by atoms with Crippen LogP contribution >= 0.6 is 11.3 Å². The first kappa shape index (κ1) is 14.9. The van der Waals surface area contributed by atoms with Gasteiger partial charge in [-0.3, -0.25) is 4.79 Å². The van der Waals surface area contributed by atoms with E-state index in [1.54, 1.807) is 25.1 Å². The summed E-state index contributed by atoms with van der Waals surface area (Å²) in [6.07, 6.45) is 3.62. The van der Waals surface area contributed by atoms with E-state index >= 15 is 0 Å². The van der Waals surface area contributed by atoms with Crippen molar-refractivity contribution in [2.45, 2.75) is 13.8 Å². The molecule has 2 rings (SSSR count). The van der Waals surface area contributed by atoms with Crippen molar-refractivity contribution in [1.82, 2.24) is 4.98 Å². The van der Waals surface area contributed by atoms with Crippen molar-refractivity contribution in [2.24, 2.45) is 0 Å². The van der Waals surface area contributed by atoms with Crippen molar-refractivity contribution >= 4 is 41.1 Å². The predicted octanol–water partition coefficient (Wildman–Crippen LogP) is 3.28. The molecule has 0 spiro atoms. The summed E-state index contributed by atoms with van der Waals surface area (Å²) in [5, 5.41) is 12.3. The summed E-state index contributed by atoms with van der Waals surface area (Å²) in [6, 6.07) is 7.33. The highest BCUT2D eigenvalue weighted by Crippen LogP contribution is 2.20. The number of amides is 1. The Morgan fingerprint density at radius 1 is 1.24 bits per heavy atom. The lowest BCUT2D eigenvalue weighted by Gasteiger charge is -2.01. The molecule has 0 saturated heterocycles. The minimum atomic E-state index is -1.01. The van der Waals surface area contributed by atoms with Crippen LogP contribution in [0, 0.1) is 6.92 Å². The average Bonchev–Trinajstić information content (AvgIpc) is 2.79. The van der Waals surface area contributed by atoms with E-state index in [9.17, 15) is 9.59 Å². The van der Waals surface area contributed by atoms with Gasteiger partial charge in [0.2, 0.25) is 5.91 Å². The number of aryl methyl sites for hydroxylation is 1. The van der Waals surface area contributed by atoms with Crippen molar-refractivity contribution in [1.29, 1.82) is 0 Å². The molecule has 1 aromatic carbocycles. The van der Waals surface area contributed by atoms with Crippen LogP contribution in [-0.4, -0.2) is 22.0 Å². The van der Waals surface area contributed by atoms with Crippen LogP contribution in [0.25, 0.3) is 12.2 Å². The molecule has 108 valence electrons. The van der Waals surface area contributed by atoms with Crippen LogP contribution in [0.3, 0.4) is 0 Å². The lowest BCUT2D eigenvalue weighted by molar-refractivity contribution is -0.114. The van der Waals surface area contributed by atoms with Crippen LogP contribution < -0.4 is 5.32 Å². The Bertz CT molecular complexity index is 702. The van der Waals surface area contributed by atoms with Gasteiger partial charge in [-0.15, -0.1) is 11.3 Å². The standard InChI is InChI=1S/C15H14N2O3S/c1-9-14(15(19)20)17-13(21-9)8-5-11-3-6-12(7-4-11)16-10(2)18/h3-8H,1-2H3,(H,16,18)(H,19,20)/b8-5+. The van der Waals surface area contributed by atoms with Gasteiger partial charge in [-0.2, -0.15) is 0 Å². The Morgan fingerprint density at radius 2 is 1.90 bits per heavy atom. The summed E-state index contributed by atoms with van der Waals surface area (Å²) in [4.78, 5) is 26.6. The summed E-state index contributed by atoms with van der Waals surface area (Å²) in [6.45, 7) is 3.19. The van der Waals surface area contributed by atoms with Crippen molar-refractivity contribution < 1.29 is 14.7 Å². The van der Waals surface area contributed by atoms with Crippen LogP contribution in [0.1, 0.15) is 32.9 Å². The van der Waals surface area contributed by atoms with Gasteiger partial charge in [0.1, 0.15) is 5.01 Å². The zero-order valence-corrected chi connectivity index (χ0v) is 12.4. The fraction of sp³-hybridized carbons (Fsp3) is 0.133. The number of carboxylic acid groups (broad SMARTS) is 1. The van der Waals surface area contributed by atoms with Crippen molar-refractivity contribution in [3.63, 3.8) is 0 Å². The molecule has 0 fully saturated rings. The first-order chi connectivity index (χ1) is 9.95. The average molecular weight is 302 g/mol. The number of aromatic carboxylic acids is 1. The fourth-order valence-corrected chi connectivity index (χ4v) is 2.55. The molecule has 21 heavy (non-hydrogen) atoms. The highest BCUT2D eigenvalue weighted by atomic mass is 32.1. The maximum Gasteiger partial charge on any atom is 0.355 e. The minimum absolute atomic E-state index is 0.0978. The number of rotatable bonds is 4. The molecule has 0 aliphatic rings. The summed E-state index contributed by atoms with van der Waals surface area (Å²) in [7, 11) is 0. The van der Waals surface area contributed by atoms with Crippen molar-refractivity contribution in [3.05, 3.63) is 45.4 Å². The first-order valence-corrected chi connectivity index (χ1v) is 7.04. The Hall–Kier alpha value is -2.47. The number of nitrogens with zero attached hydrogens (tertiary/aromatic N) is 1. The number of carbonyl (C=O) groups is 2. The Morgan fingerprint density at radius 3 is 2.43 bits per heavy atom. The molecule has 0 atom stereocenters. The number of benzene rings is 1. The molecular weight excluding hydrogens is 288 g/mol. The number of carboxylic acids is 1. The highest BCUT2D eigenvalue weighted by molar-refractivity contribution is 7.12. The lowest BCUT2D eigenvalue weighted by atomic mass is 10.2. The van der Waals surface area contributed by atoms with E-state index < -0.39 is 5.97 Å². The second-order valence-electron chi connectivity index (χ2n) is 4.40. The molecule has 0 aliphatic heterocycles. The number of thiazole rings is 1. The summed E-state index contributed by atoms with van der Waals surface area (Å²) < 4.78 is 0. The number of hydrogen-bond acceptors (Lipinski definition) is 4. The Labute approximate surface area is 126 Å². The molecule has 0 bridgehead atoms. The normalized spacial score (nSPS) is 10.8. The third-order valence-corrected chi connectivity index (χ3v) is 3.60. The zero-order chi connectivity index (χ0) is 15.4. The number of aromatic nitrogens is 1. The SMILES string of the molecule is CC(=O)Nc1ccc(/C=C/c2nc(C(=O)O)c(C)s2)cc1. The van der Waals surface area contributed by atoms with Crippen LogP contribution in [0.15, 0.2) is 24.3 Å². The summed E-state index contributed by atoms with van der Waals surface area (Å²) in [5.74, 6) is -1.12. The molecule has 6 heteroatoms. The molecule has 0 radical (unpaired) electrons. The minimum Gasteiger partial charge on any atom is -0.476 e. The molecule has 5 nitrogen and oxygen atoms in total. The van der Waals surface area contributed by atoms with Gasteiger partial charge in [0, 0.05) is 17.5 Å². The summed E-state index contributed by atoms with van der Waals surface area (Å²) >= 11 is 1.34. The van der Waals surface area contributed by atoms with E-state index in [-0.39, 0.29) is 11.6 Å². The van der Waals surface area contributed by atoms with Crippen LogP contribution in [0.5, 0.6) is 0 Å². The maximum atomic E-state index is 10.9. The smallest absolute Gasteiger partial charge is 0.355 e. The molecule has 0 aliphatic carbocycles. The molecule has 1 amide bonds. The van der Waals surface area contributed by atoms with E-state index in [0.29, 0.717) is 9.88 Å². The third kappa shape index (κ3) is 4.00. The predicted molar refractivity (Wildman–Crippen MR) is 83.5 cm³/mol. The second-order valence-corrected chi connectivity index (χ2v) is 5.63. The van der Waals surface area contributed by atoms with Gasteiger partial charge in [-0.1, -0.05) is 18.2 Å². The van der Waals surface area contributed by atoms with Crippen LogP contribution in [0.2, 0.25) is 0 Å². The van der Waals surface area contributed by atoms with Crippen LogP contribution in [0.4, 0.5) is 5.69 Å². The van der Waals surface area contributed by atoms with Gasteiger partial charge in [0.25, 0.3) is 0 Å². The quantitative estimate of drug-likeness (QED) is 0.908. The van der Waals surface area contributed by atoms with Crippen molar-refractivity contribution in [2.75, 3.05) is 5.32 Å². The number of nitrogens with one attached hydrogen (secondary N) is 1. The molecule has 2 aromatic rings. The van der Waals surface area contributed by atoms with E-state index in [4.69, 9.17) is 5.11 Å². The van der Waals surface area contributed by atoms with Gasteiger partial charge in [-0.25, -0.2) is 9.78 Å². The molecule has 1 heterocycles. The molecular formula is C15H14N2O3S. The number of carbonyl (C=O) groups excluding carboxylic acids is 1. The Balaban J connectivity index is 2.12. The highest BCUT2D eigenvalue weighted by Gasteiger charge is 2.12. The van der Waals surface area contributed by atoms with E-state index in [2.05, 4.69) is 10.3 Å². The van der Waals surface area contributed by atoms with Gasteiger partial charge in [0.05, 0.1) is 0 Å². The fourth-order valence-electron chi connectivity index (χ4n) is 1.73. The van der Waals surface area contributed by atoms with Gasteiger partial charge >= 0.3 is 5.97 Å². The lowest BCUT2D eigenvalue weighted by Crippen LogP contribution is -2.05. The van der Waals surface area contributed by atoms with Crippen molar-refractivity contribution in [3.8, 4) is 0 Å². The topological polar surface area (TPSA) is 79.3 Å². The summed E-state index contributed by atoms with van der Waals surface area (Å²) in [5.41, 5.74) is 1.77.